The maximum absolute atomic E-state index is 11.2. The second kappa shape index (κ2) is 8.08. The van der Waals surface area contributed by atoms with Crippen LogP contribution >= 0.6 is 0 Å². The van der Waals surface area contributed by atoms with E-state index in [0.717, 1.165) is 11.5 Å². The third-order valence-electron chi connectivity index (χ3n) is 2.03. The maximum atomic E-state index is 11.2. The van der Waals surface area contributed by atoms with E-state index >= 15 is 0 Å². The Hall–Kier alpha value is -1.07. The van der Waals surface area contributed by atoms with Gasteiger partial charge in [-0.2, -0.15) is 0 Å². The SMILES string of the molecule is CCOc1ccc(OCCS(=O)CCO)cc1. The summed E-state index contributed by atoms with van der Waals surface area (Å²) in [6.07, 6.45) is 0. The molecule has 1 aromatic rings. The number of aliphatic hydroxyl groups excluding tert-OH is 1. The lowest BCUT2D eigenvalue weighted by Crippen LogP contribution is -2.12. The molecule has 0 aromatic heterocycles. The van der Waals surface area contributed by atoms with Gasteiger partial charge in [0.05, 0.1) is 25.6 Å². The van der Waals surface area contributed by atoms with E-state index in [4.69, 9.17) is 14.6 Å². The fourth-order valence-corrected chi connectivity index (χ4v) is 1.93. The van der Waals surface area contributed by atoms with E-state index in [-0.39, 0.29) is 6.61 Å². The fourth-order valence-electron chi connectivity index (χ4n) is 1.26. The molecule has 0 radical (unpaired) electrons. The zero-order valence-corrected chi connectivity index (χ0v) is 10.7. The Morgan fingerprint density at radius 1 is 1.12 bits per heavy atom. The average Bonchev–Trinajstić information content (AvgIpc) is 2.32. The number of hydrogen-bond donors (Lipinski definition) is 1. The van der Waals surface area contributed by atoms with Crippen LogP contribution < -0.4 is 9.47 Å². The molecular formula is C12H18O4S. The molecule has 1 atom stereocenters. The molecule has 4 nitrogen and oxygen atoms in total. The van der Waals surface area contributed by atoms with Gasteiger partial charge in [-0.1, -0.05) is 0 Å². The first-order valence-electron chi connectivity index (χ1n) is 5.57. The monoisotopic (exact) mass is 258 g/mol. The predicted octanol–water partition coefficient (Wildman–Crippen LogP) is 1.21. The van der Waals surface area contributed by atoms with Gasteiger partial charge in [-0.05, 0) is 31.2 Å². The van der Waals surface area contributed by atoms with Crippen molar-refractivity contribution in [3.05, 3.63) is 24.3 Å². The fraction of sp³-hybridized carbons (Fsp3) is 0.500. The van der Waals surface area contributed by atoms with Crippen molar-refractivity contribution in [3.8, 4) is 11.5 Å². The van der Waals surface area contributed by atoms with Crippen molar-refractivity contribution in [1.82, 2.24) is 0 Å². The van der Waals surface area contributed by atoms with Gasteiger partial charge in [0.2, 0.25) is 0 Å². The van der Waals surface area contributed by atoms with Crippen LogP contribution in [0.3, 0.4) is 0 Å². The first-order valence-corrected chi connectivity index (χ1v) is 7.06. The Labute approximate surface area is 104 Å². The van der Waals surface area contributed by atoms with E-state index in [9.17, 15) is 4.21 Å². The smallest absolute Gasteiger partial charge is 0.119 e. The van der Waals surface area contributed by atoms with E-state index in [1.54, 1.807) is 0 Å². The van der Waals surface area contributed by atoms with E-state index in [0.29, 0.717) is 24.7 Å². The summed E-state index contributed by atoms with van der Waals surface area (Å²) in [6, 6.07) is 7.31. The van der Waals surface area contributed by atoms with Crippen molar-refractivity contribution < 1.29 is 18.8 Å². The zero-order valence-electron chi connectivity index (χ0n) is 9.93. The van der Waals surface area contributed by atoms with Gasteiger partial charge in [-0.25, -0.2) is 0 Å². The lowest BCUT2D eigenvalue weighted by atomic mass is 10.3. The van der Waals surface area contributed by atoms with Gasteiger partial charge in [-0.15, -0.1) is 0 Å². The molecular weight excluding hydrogens is 240 g/mol. The van der Waals surface area contributed by atoms with E-state index in [2.05, 4.69) is 0 Å². The number of rotatable bonds is 8. The lowest BCUT2D eigenvalue weighted by Gasteiger charge is -2.07. The van der Waals surface area contributed by atoms with Crippen LogP contribution in [0.25, 0.3) is 0 Å². The molecule has 1 unspecified atom stereocenters. The highest BCUT2D eigenvalue weighted by Crippen LogP contribution is 2.17. The van der Waals surface area contributed by atoms with Crippen molar-refractivity contribution in [3.63, 3.8) is 0 Å². The second-order valence-corrected chi connectivity index (χ2v) is 5.02. The van der Waals surface area contributed by atoms with Crippen molar-refractivity contribution >= 4 is 10.8 Å². The Morgan fingerprint density at radius 3 is 2.24 bits per heavy atom. The van der Waals surface area contributed by atoms with E-state index in [1.165, 1.54) is 0 Å². The minimum atomic E-state index is -1.00. The standard InChI is InChI=1S/C12H18O4S/c1-2-15-11-3-5-12(6-4-11)16-8-10-17(14)9-7-13/h3-6,13H,2,7-10H2,1H3. The molecule has 0 aliphatic heterocycles. The Bertz CT molecular complexity index is 337. The summed E-state index contributed by atoms with van der Waals surface area (Å²) in [4.78, 5) is 0. The molecule has 0 saturated carbocycles. The molecule has 0 aliphatic rings. The lowest BCUT2D eigenvalue weighted by molar-refractivity contribution is 0.319. The summed E-state index contributed by atoms with van der Waals surface area (Å²) < 4.78 is 22.0. The van der Waals surface area contributed by atoms with Crippen molar-refractivity contribution in [1.29, 1.82) is 0 Å². The molecule has 0 heterocycles. The normalized spacial score (nSPS) is 12.1. The summed E-state index contributed by atoms with van der Waals surface area (Å²) in [5.41, 5.74) is 0. The summed E-state index contributed by atoms with van der Waals surface area (Å²) in [7, 11) is -1.00. The highest BCUT2D eigenvalue weighted by atomic mass is 32.2. The van der Waals surface area contributed by atoms with Crippen molar-refractivity contribution in [2.75, 3.05) is 31.3 Å². The van der Waals surface area contributed by atoms with E-state index in [1.807, 2.05) is 31.2 Å². The second-order valence-electron chi connectivity index (χ2n) is 3.32. The van der Waals surface area contributed by atoms with Gasteiger partial charge >= 0.3 is 0 Å². The minimum Gasteiger partial charge on any atom is -0.494 e. The molecule has 1 N–H and O–H groups in total. The van der Waals surface area contributed by atoms with Gasteiger partial charge in [-0.3, -0.25) is 4.21 Å². The van der Waals surface area contributed by atoms with Crippen molar-refractivity contribution in [2.24, 2.45) is 0 Å². The minimum absolute atomic E-state index is 0.0460. The summed E-state index contributed by atoms with van der Waals surface area (Å²) >= 11 is 0. The van der Waals surface area contributed by atoms with Crippen LogP contribution in [0.2, 0.25) is 0 Å². The van der Waals surface area contributed by atoms with Gasteiger partial charge < -0.3 is 14.6 Å². The Morgan fingerprint density at radius 2 is 1.71 bits per heavy atom. The zero-order chi connectivity index (χ0) is 12.5. The number of benzene rings is 1. The molecule has 1 rings (SSSR count). The van der Waals surface area contributed by atoms with Crippen LogP contribution in [0.15, 0.2) is 24.3 Å². The van der Waals surface area contributed by atoms with Gasteiger partial charge in [0.1, 0.15) is 11.5 Å². The number of ether oxygens (including phenoxy) is 2. The molecule has 0 bridgehead atoms. The van der Waals surface area contributed by atoms with Crippen molar-refractivity contribution in [2.45, 2.75) is 6.92 Å². The third-order valence-corrected chi connectivity index (χ3v) is 3.29. The number of hydrogen-bond acceptors (Lipinski definition) is 4. The number of aliphatic hydroxyl groups is 1. The van der Waals surface area contributed by atoms with Crippen LogP contribution in [-0.4, -0.2) is 40.6 Å². The Balaban J connectivity index is 2.29. The van der Waals surface area contributed by atoms with Gasteiger partial charge in [0.15, 0.2) is 0 Å². The predicted molar refractivity (Wildman–Crippen MR) is 68.1 cm³/mol. The Kier molecular flexibility index (Phi) is 6.65. The molecule has 0 fully saturated rings. The van der Waals surface area contributed by atoms with Crippen LogP contribution in [0.4, 0.5) is 0 Å². The summed E-state index contributed by atoms with van der Waals surface area (Å²) in [6.45, 7) is 2.91. The van der Waals surface area contributed by atoms with E-state index < -0.39 is 10.8 Å². The quantitative estimate of drug-likeness (QED) is 0.761. The molecule has 0 spiro atoms. The van der Waals surface area contributed by atoms with Crippen LogP contribution in [0.1, 0.15) is 6.92 Å². The molecule has 1 aromatic carbocycles. The average molecular weight is 258 g/mol. The third kappa shape index (κ3) is 5.70. The highest BCUT2D eigenvalue weighted by Gasteiger charge is 2.00. The van der Waals surface area contributed by atoms with Gasteiger partial charge in [0.25, 0.3) is 0 Å². The molecule has 0 aliphatic carbocycles. The summed E-state index contributed by atoms with van der Waals surface area (Å²) in [5.74, 6) is 2.29. The molecule has 96 valence electrons. The summed E-state index contributed by atoms with van der Waals surface area (Å²) in [5, 5.41) is 8.59. The molecule has 0 saturated heterocycles. The largest absolute Gasteiger partial charge is 0.494 e. The van der Waals surface area contributed by atoms with Gasteiger partial charge in [0, 0.05) is 16.6 Å². The van der Waals surface area contributed by atoms with Crippen LogP contribution in [0.5, 0.6) is 11.5 Å². The first kappa shape index (κ1) is 14.0. The van der Waals surface area contributed by atoms with Crippen LogP contribution in [0, 0.1) is 0 Å². The van der Waals surface area contributed by atoms with Crippen LogP contribution in [-0.2, 0) is 10.8 Å². The highest BCUT2D eigenvalue weighted by molar-refractivity contribution is 7.85. The topological polar surface area (TPSA) is 55.8 Å². The molecule has 5 heteroatoms. The maximum Gasteiger partial charge on any atom is 0.119 e. The molecule has 17 heavy (non-hydrogen) atoms. The first-order chi connectivity index (χ1) is 8.26. The molecule has 0 amide bonds.